The van der Waals surface area contributed by atoms with E-state index in [1.165, 1.54) is 0 Å². The minimum Gasteiger partial charge on any atom is -0.357 e. The van der Waals surface area contributed by atoms with Crippen molar-refractivity contribution >= 4 is 30.9 Å². The number of hydrogen-bond acceptors (Lipinski definition) is 5. The van der Waals surface area contributed by atoms with E-state index in [4.69, 9.17) is 7.85 Å². The molecular weight excluding hydrogens is 297 g/mol. The Balaban J connectivity index is 2.02. The van der Waals surface area contributed by atoms with Crippen molar-refractivity contribution in [2.75, 3.05) is 17.7 Å². The molecular formula is C18H18BN5. The molecule has 0 spiro atoms. The second kappa shape index (κ2) is 6.70. The van der Waals surface area contributed by atoms with Gasteiger partial charge in [0.1, 0.15) is 7.85 Å². The fourth-order valence-electron chi connectivity index (χ4n) is 2.34. The van der Waals surface area contributed by atoms with E-state index < -0.39 is 0 Å². The van der Waals surface area contributed by atoms with E-state index in [0.717, 1.165) is 22.4 Å². The van der Waals surface area contributed by atoms with Gasteiger partial charge in [-0.15, -0.1) is 0 Å². The molecule has 6 heteroatoms. The summed E-state index contributed by atoms with van der Waals surface area (Å²) in [5.74, 6) is 1.63. The second-order valence-electron chi connectivity index (χ2n) is 5.62. The van der Waals surface area contributed by atoms with E-state index in [1.807, 2.05) is 31.2 Å². The van der Waals surface area contributed by atoms with E-state index in [-0.39, 0.29) is 0 Å². The number of rotatable bonds is 4. The Morgan fingerprint density at radius 2 is 1.58 bits per heavy atom. The Kier molecular flexibility index (Phi) is 4.47. The normalized spacial score (nSPS) is 10.5. The Bertz CT molecular complexity index is 862. The van der Waals surface area contributed by atoms with Crippen LogP contribution in [0.4, 0.5) is 17.6 Å². The van der Waals surface area contributed by atoms with E-state index in [1.54, 1.807) is 7.05 Å². The standard InChI is InChI=1S/C18H18BN5/c1-11-4-5-12(2)15(10-11)16-22-17(20-3)24-18(23-16)21-14-8-6-13(19)7-9-14/h4-10H,1-3H3,(H2,20,21,22,23,24). The molecule has 0 bridgehead atoms. The summed E-state index contributed by atoms with van der Waals surface area (Å²) in [6, 6.07) is 13.7. The predicted molar refractivity (Wildman–Crippen MR) is 99.4 cm³/mol. The third-order valence-electron chi connectivity index (χ3n) is 3.66. The molecule has 118 valence electrons. The first kappa shape index (κ1) is 16.0. The van der Waals surface area contributed by atoms with E-state index in [9.17, 15) is 0 Å². The molecule has 0 saturated carbocycles. The largest absolute Gasteiger partial charge is 0.357 e. The number of aromatic nitrogens is 3. The molecule has 0 atom stereocenters. The van der Waals surface area contributed by atoms with Crippen LogP contribution in [0.3, 0.4) is 0 Å². The molecule has 0 amide bonds. The summed E-state index contributed by atoms with van der Waals surface area (Å²) in [5.41, 5.74) is 4.85. The van der Waals surface area contributed by atoms with Crippen molar-refractivity contribution in [1.82, 2.24) is 15.0 Å². The number of nitrogens with zero attached hydrogens (tertiary/aromatic N) is 3. The maximum atomic E-state index is 5.72. The van der Waals surface area contributed by atoms with Crippen molar-refractivity contribution in [3.8, 4) is 11.4 Å². The van der Waals surface area contributed by atoms with Crippen LogP contribution in [-0.4, -0.2) is 29.8 Å². The van der Waals surface area contributed by atoms with Crippen molar-refractivity contribution < 1.29 is 0 Å². The number of aryl methyl sites for hydroxylation is 2. The third-order valence-corrected chi connectivity index (χ3v) is 3.66. The van der Waals surface area contributed by atoms with Gasteiger partial charge in [0.2, 0.25) is 11.9 Å². The Morgan fingerprint density at radius 3 is 2.29 bits per heavy atom. The van der Waals surface area contributed by atoms with Crippen LogP contribution in [0.5, 0.6) is 0 Å². The minimum absolute atomic E-state index is 0.482. The number of benzene rings is 2. The van der Waals surface area contributed by atoms with E-state index >= 15 is 0 Å². The van der Waals surface area contributed by atoms with Gasteiger partial charge in [-0.2, -0.15) is 15.0 Å². The molecule has 0 aliphatic rings. The molecule has 5 nitrogen and oxygen atoms in total. The predicted octanol–water partition coefficient (Wildman–Crippen LogP) is 2.73. The zero-order chi connectivity index (χ0) is 17.1. The van der Waals surface area contributed by atoms with Crippen LogP contribution in [0, 0.1) is 13.8 Å². The Morgan fingerprint density at radius 1 is 0.875 bits per heavy atom. The van der Waals surface area contributed by atoms with Gasteiger partial charge in [0.25, 0.3) is 0 Å². The van der Waals surface area contributed by atoms with Crippen LogP contribution >= 0.6 is 0 Å². The molecule has 1 aromatic heterocycles. The molecule has 3 aromatic rings. The lowest BCUT2D eigenvalue weighted by Crippen LogP contribution is -2.07. The molecule has 0 saturated heterocycles. The van der Waals surface area contributed by atoms with Crippen LogP contribution in [0.1, 0.15) is 11.1 Å². The zero-order valence-corrected chi connectivity index (χ0v) is 14.0. The highest BCUT2D eigenvalue weighted by Crippen LogP contribution is 2.24. The summed E-state index contributed by atoms with van der Waals surface area (Å²) in [4.78, 5) is 13.4. The summed E-state index contributed by atoms with van der Waals surface area (Å²) < 4.78 is 0. The lowest BCUT2D eigenvalue weighted by Gasteiger charge is -2.11. The van der Waals surface area contributed by atoms with E-state index in [2.05, 4.69) is 50.7 Å². The lowest BCUT2D eigenvalue weighted by atomic mass is 9.96. The van der Waals surface area contributed by atoms with Gasteiger partial charge < -0.3 is 10.6 Å². The van der Waals surface area contributed by atoms with Crippen molar-refractivity contribution in [3.05, 3.63) is 53.6 Å². The first-order valence-electron chi connectivity index (χ1n) is 7.69. The highest BCUT2D eigenvalue weighted by molar-refractivity contribution is 6.32. The highest BCUT2D eigenvalue weighted by Gasteiger charge is 2.10. The minimum atomic E-state index is 0.482. The first-order valence-corrected chi connectivity index (χ1v) is 7.69. The van der Waals surface area contributed by atoms with Gasteiger partial charge in [-0.05, 0) is 37.6 Å². The van der Waals surface area contributed by atoms with Crippen LogP contribution in [-0.2, 0) is 0 Å². The molecule has 2 N–H and O–H groups in total. The Hall–Kier alpha value is -2.89. The van der Waals surface area contributed by atoms with Crippen molar-refractivity contribution in [1.29, 1.82) is 0 Å². The van der Waals surface area contributed by atoms with Crippen LogP contribution in [0.25, 0.3) is 11.4 Å². The summed E-state index contributed by atoms with van der Waals surface area (Å²) >= 11 is 0. The van der Waals surface area contributed by atoms with E-state index in [0.29, 0.717) is 23.2 Å². The number of hydrogen-bond donors (Lipinski definition) is 2. The second-order valence-corrected chi connectivity index (χ2v) is 5.62. The fraction of sp³-hybridized carbons (Fsp3) is 0.167. The molecule has 2 radical (unpaired) electrons. The van der Waals surface area contributed by atoms with Gasteiger partial charge in [-0.3, -0.25) is 0 Å². The lowest BCUT2D eigenvalue weighted by molar-refractivity contribution is 1.06. The van der Waals surface area contributed by atoms with Crippen LogP contribution < -0.4 is 16.1 Å². The van der Waals surface area contributed by atoms with Gasteiger partial charge in [0, 0.05) is 18.3 Å². The third kappa shape index (κ3) is 3.54. The maximum Gasteiger partial charge on any atom is 0.232 e. The Labute approximate surface area is 143 Å². The zero-order valence-electron chi connectivity index (χ0n) is 14.0. The molecule has 1 heterocycles. The maximum absolute atomic E-state index is 5.72. The monoisotopic (exact) mass is 315 g/mol. The molecule has 24 heavy (non-hydrogen) atoms. The average molecular weight is 315 g/mol. The van der Waals surface area contributed by atoms with Gasteiger partial charge in [0.15, 0.2) is 5.82 Å². The molecule has 3 rings (SSSR count). The molecule has 0 fully saturated rings. The fourth-order valence-corrected chi connectivity index (χ4v) is 2.34. The highest BCUT2D eigenvalue weighted by atomic mass is 15.2. The summed E-state index contributed by atoms with van der Waals surface area (Å²) in [6.07, 6.45) is 0. The van der Waals surface area contributed by atoms with Gasteiger partial charge >= 0.3 is 0 Å². The van der Waals surface area contributed by atoms with Crippen molar-refractivity contribution in [3.63, 3.8) is 0 Å². The summed E-state index contributed by atoms with van der Waals surface area (Å²) in [7, 11) is 7.50. The topological polar surface area (TPSA) is 62.7 Å². The number of nitrogens with one attached hydrogen (secondary N) is 2. The first-order chi connectivity index (χ1) is 11.5. The molecule has 0 aliphatic heterocycles. The molecule has 0 unspecified atom stereocenters. The van der Waals surface area contributed by atoms with Crippen LogP contribution in [0.15, 0.2) is 42.5 Å². The molecule has 2 aromatic carbocycles. The van der Waals surface area contributed by atoms with Crippen molar-refractivity contribution in [2.24, 2.45) is 0 Å². The van der Waals surface area contributed by atoms with Gasteiger partial charge in [-0.1, -0.05) is 35.3 Å². The van der Waals surface area contributed by atoms with Crippen molar-refractivity contribution in [2.45, 2.75) is 13.8 Å². The SMILES string of the molecule is [B]c1ccc(Nc2nc(NC)nc(-c3cc(C)ccc3C)n2)cc1. The summed E-state index contributed by atoms with van der Waals surface area (Å²) in [6.45, 7) is 4.10. The molecule has 0 aliphatic carbocycles. The average Bonchev–Trinajstić information content (AvgIpc) is 2.59. The van der Waals surface area contributed by atoms with Gasteiger partial charge in [-0.25, -0.2) is 0 Å². The quantitative estimate of drug-likeness (QED) is 0.725. The van der Waals surface area contributed by atoms with Gasteiger partial charge in [0.05, 0.1) is 0 Å². The number of anilines is 3. The summed E-state index contributed by atoms with van der Waals surface area (Å²) in [5, 5.41) is 6.18. The smallest absolute Gasteiger partial charge is 0.232 e. The van der Waals surface area contributed by atoms with Crippen LogP contribution in [0.2, 0.25) is 0 Å².